The Morgan fingerprint density at radius 1 is 1.14 bits per heavy atom. The van der Waals surface area contributed by atoms with Crippen LogP contribution >= 0.6 is 0 Å². The molecule has 1 N–H and O–H groups in total. The summed E-state index contributed by atoms with van der Waals surface area (Å²) in [5.41, 5.74) is 0.492. The van der Waals surface area contributed by atoms with E-state index in [9.17, 15) is 9.90 Å². The van der Waals surface area contributed by atoms with Gasteiger partial charge < -0.3 is 10.0 Å². The van der Waals surface area contributed by atoms with Crippen LogP contribution in [0.2, 0.25) is 0 Å². The Morgan fingerprint density at radius 2 is 1.76 bits per heavy atom. The zero-order chi connectivity index (χ0) is 14.6. The summed E-state index contributed by atoms with van der Waals surface area (Å²) in [5.74, 6) is 3.24. The Balaban J connectivity index is 1.57. The maximum absolute atomic E-state index is 12.7. The summed E-state index contributed by atoms with van der Waals surface area (Å²) in [6, 6.07) is 1.90. The van der Waals surface area contributed by atoms with E-state index >= 15 is 0 Å². The summed E-state index contributed by atoms with van der Waals surface area (Å²) in [6.45, 7) is 0. The third-order valence-electron chi connectivity index (χ3n) is 5.92. The maximum atomic E-state index is 12.7. The van der Waals surface area contributed by atoms with Gasteiger partial charge in [-0.15, -0.1) is 0 Å². The van der Waals surface area contributed by atoms with Gasteiger partial charge in [-0.05, 0) is 61.8 Å². The lowest BCUT2D eigenvalue weighted by atomic mass is 9.54. The number of aromatic hydroxyl groups is 1. The Labute approximate surface area is 125 Å². The van der Waals surface area contributed by atoms with Gasteiger partial charge in [-0.1, -0.05) is 0 Å². The Morgan fingerprint density at radius 3 is 2.33 bits per heavy atom. The first-order chi connectivity index (χ1) is 10.1. The number of aromatic nitrogens is 1. The molecular weight excluding hydrogens is 264 g/mol. The highest BCUT2D eigenvalue weighted by Gasteiger charge is 2.50. The van der Waals surface area contributed by atoms with E-state index in [1.807, 2.05) is 11.9 Å². The molecule has 112 valence electrons. The molecule has 4 aliphatic rings. The van der Waals surface area contributed by atoms with Crippen LogP contribution in [0.25, 0.3) is 0 Å². The fraction of sp³-hybridized carbons (Fsp3) is 0.647. The molecule has 0 spiro atoms. The average Bonchev–Trinajstić information content (AvgIpc) is 2.45. The van der Waals surface area contributed by atoms with E-state index in [0.29, 0.717) is 23.4 Å². The van der Waals surface area contributed by atoms with E-state index in [2.05, 4.69) is 4.98 Å². The van der Waals surface area contributed by atoms with Crippen LogP contribution in [0.5, 0.6) is 5.75 Å². The lowest BCUT2D eigenvalue weighted by Crippen LogP contribution is -2.56. The summed E-state index contributed by atoms with van der Waals surface area (Å²) in [5, 5.41) is 9.52. The molecule has 0 saturated heterocycles. The van der Waals surface area contributed by atoms with Gasteiger partial charge in [-0.3, -0.25) is 9.78 Å². The molecule has 4 nitrogen and oxygen atoms in total. The normalized spacial score (nSPS) is 36.7. The number of carbonyl (C=O) groups excluding carboxylic acids is 1. The quantitative estimate of drug-likeness (QED) is 0.909. The van der Waals surface area contributed by atoms with Crippen molar-refractivity contribution in [3.63, 3.8) is 0 Å². The number of amides is 1. The summed E-state index contributed by atoms with van der Waals surface area (Å²) < 4.78 is 0. The standard InChI is InChI=1S/C17H22N2O2/c1-19(17(21)14-7-15(20)9-18-8-14)16-12-3-10-2-11(5-12)6-13(16)4-10/h7-13,16,20H,2-6H2,1H3. The van der Waals surface area contributed by atoms with E-state index in [1.54, 1.807) is 6.20 Å². The fourth-order valence-corrected chi connectivity index (χ4v) is 5.41. The molecule has 1 aromatic rings. The van der Waals surface area contributed by atoms with Gasteiger partial charge in [0.2, 0.25) is 0 Å². The maximum Gasteiger partial charge on any atom is 0.255 e. The van der Waals surface area contributed by atoms with Gasteiger partial charge in [0.1, 0.15) is 5.75 Å². The molecule has 21 heavy (non-hydrogen) atoms. The van der Waals surface area contributed by atoms with Crippen molar-refractivity contribution in [2.24, 2.45) is 23.7 Å². The highest BCUT2D eigenvalue weighted by atomic mass is 16.3. The summed E-state index contributed by atoms with van der Waals surface area (Å²) in [6.07, 6.45) is 9.53. The molecule has 4 aliphatic carbocycles. The zero-order valence-corrected chi connectivity index (χ0v) is 12.4. The lowest BCUT2D eigenvalue weighted by Gasteiger charge is -2.56. The molecule has 0 radical (unpaired) electrons. The smallest absolute Gasteiger partial charge is 0.255 e. The number of hydrogen-bond acceptors (Lipinski definition) is 3. The minimum Gasteiger partial charge on any atom is -0.506 e. The van der Waals surface area contributed by atoms with Crippen LogP contribution in [0.4, 0.5) is 0 Å². The number of pyridine rings is 1. The minimum absolute atomic E-state index is 0.00382. The van der Waals surface area contributed by atoms with Crippen LogP contribution in [0.3, 0.4) is 0 Å². The predicted octanol–water partition coefficient (Wildman–Crippen LogP) is 2.68. The number of nitrogens with zero attached hydrogens (tertiary/aromatic N) is 2. The van der Waals surface area contributed by atoms with Gasteiger partial charge in [-0.2, -0.15) is 0 Å². The minimum atomic E-state index is -0.00382. The van der Waals surface area contributed by atoms with Gasteiger partial charge in [0.25, 0.3) is 5.91 Å². The van der Waals surface area contributed by atoms with Crippen LogP contribution in [0.15, 0.2) is 18.5 Å². The highest BCUT2D eigenvalue weighted by Crippen LogP contribution is 2.55. The lowest BCUT2D eigenvalue weighted by molar-refractivity contribution is -0.0491. The fourth-order valence-electron chi connectivity index (χ4n) is 5.41. The molecule has 5 rings (SSSR count). The molecule has 0 unspecified atom stereocenters. The van der Waals surface area contributed by atoms with E-state index in [1.165, 1.54) is 44.4 Å². The molecule has 4 heteroatoms. The van der Waals surface area contributed by atoms with Crippen LogP contribution in [0.1, 0.15) is 42.5 Å². The highest BCUT2D eigenvalue weighted by molar-refractivity contribution is 5.94. The molecule has 0 aromatic carbocycles. The van der Waals surface area contributed by atoms with Crippen LogP contribution < -0.4 is 0 Å². The third kappa shape index (κ3) is 2.12. The largest absolute Gasteiger partial charge is 0.506 e. The molecule has 4 saturated carbocycles. The first-order valence-electron chi connectivity index (χ1n) is 8.03. The van der Waals surface area contributed by atoms with Crippen molar-refractivity contribution in [2.45, 2.75) is 38.1 Å². The number of rotatable bonds is 2. The van der Waals surface area contributed by atoms with Crippen LogP contribution in [0, 0.1) is 23.7 Å². The Hall–Kier alpha value is -1.58. The van der Waals surface area contributed by atoms with Crippen molar-refractivity contribution >= 4 is 5.91 Å². The first kappa shape index (κ1) is 13.1. The summed E-state index contributed by atoms with van der Waals surface area (Å²) >= 11 is 0. The van der Waals surface area contributed by atoms with E-state index in [-0.39, 0.29) is 11.7 Å². The van der Waals surface area contributed by atoms with Crippen LogP contribution in [-0.2, 0) is 0 Å². The molecule has 1 aromatic heterocycles. The van der Waals surface area contributed by atoms with Crippen molar-refractivity contribution in [3.05, 3.63) is 24.0 Å². The van der Waals surface area contributed by atoms with E-state index in [0.717, 1.165) is 11.8 Å². The first-order valence-corrected chi connectivity index (χ1v) is 8.03. The zero-order valence-electron chi connectivity index (χ0n) is 12.4. The van der Waals surface area contributed by atoms with E-state index < -0.39 is 0 Å². The van der Waals surface area contributed by atoms with Crippen molar-refractivity contribution in [2.75, 3.05) is 7.05 Å². The summed E-state index contributed by atoms with van der Waals surface area (Å²) in [4.78, 5) is 18.6. The van der Waals surface area contributed by atoms with Crippen molar-refractivity contribution in [3.8, 4) is 5.75 Å². The van der Waals surface area contributed by atoms with Gasteiger partial charge in [0, 0.05) is 19.3 Å². The second kappa shape index (κ2) is 4.72. The molecule has 1 heterocycles. The second-order valence-corrected chi connectivity index (χ2v) is 7.27. The van der Waals surface area contributed by atoms with Gasteiger partial charge in [0.15, 0.2) is 0 Å². The molecular formula is C17H22N2O2. The van der Waals surface area contributed by atoms with Gasteiger partial charge >= 0.3 is 0 Å². The topological polar surface area (TPSA) is 53.4 Å². The predicted molar refractivity (Wildman–Crippen MR) is 78.8 cm³/mol. The third-order valence-corrected chi connectivity index (χ3v) is 5.92. The number of carbonyl (C=O) groups is 1. The van der Waals surface area contributed by atoms with Crippen molar-refractivity contribution in [1.82, 2.24) is 9.88 Å². The SMILES string of the molecule is CN(C(=O)c1cncc(O)c1)C1C2CC3CC(C2)CC1C3. The van der Waals surface area contributed by atoms with E-state index in [4.69, 9.17) is 0 Å². The molecule has 1 amide bonds. The molecule has 0 aliphatic heterocycles. The van der Waals surface area contributed by atoms with Crippen molar-refractivity contribution < 1.29 is 9.90 Å². The Kier molecular flexibility index (Phi) is 2.95. The van der Waals surface area contributed by atoms with Crippen molar-refractivity contribution in [1.29, 1.82) is 0 Å². The Bertz CT molecular complexity index is 544. The average molecular weight is 286 g/mol. The van der Waals surface area contributed by atoms with Gasteiger partial charge in [0.05, 0.1) is 11.8 Å². The monoisotopic (exact) mass is 286 g/mol. The molecule has 4 fully saturated rings. The number of hydrogen-bond donors (Lipinski definition) is 1. The van der Waals surface area contributed by atoms with Crippen LogP contribution in [-0.4, -0.2) is 34.0 Å². The van der Waals surface area contributed by atoms with Gasteiger partial charge in [-0.25, -0.2) is 0 Å². The molecule has 0 atom stereocenters. The molecule has 4 bridgehead atoms. The summed E-state index contributed by atoms with van der Waals surface area (Å²) in [7, 11) is 1.93. The second-order valence-electron chi connectivity index (χ2n) is 7.27.